The summed E-state index contributed by atoms with van der Waals surface area (Å²) in [5.74, 6) is -0.468. The molecule has 0 aromatic heterocycles. The van der Waals surface area contributed by atoms with E-state index in [-0.39, 0.29) is 6.61 Å². The second-order valence-corrected chi connectivity index (χ2v) is 3.69. The maximum atomic E-state index is 11.6. The van der Waals surface area contributed by atoms with Crippen molar-refractivity contribution in [2.75, 3.05) is 17.7 Å². The van der Waals surface area contributed by atoms with Crippen molar-refractivity contribution in [3.63, 3.8) is 0 Å². The van der Waals surface area contributed by atoms with Gasteiger partial charge in [-0.3, -0.25) is 0 Å². The van der Waals surface area contributed by atoms with Crippen LogP contribution in [-0.4, -0.2) is 24.6 Å². The first kappa shape index (κ1) is 13.8. The van der Waals surface area contributed by atoms with Crippen molar-refractivity contribution in [3.8, 4) is 0 Å². The third kappa shape index (κ3) is 4.32. The summed E-state index contributed by atoms with van der Waals surface area (Å²) >= 11 is 0. The molecule has 6 heteroatoms. The average molecular weight is 251 g/mol. The Morgan fingerprint density at radius 2 is 1.94 bits per heavy atom. The highest BCUT2D eigenvalue weighted by Crippen LogP contribution is 2.10. The van der Waals surface area contributed by atoms with Gasteiger partial charge in [0, 0.05) is 11.4 Å². The van der Waals surface area contributed by atoms with Crippen LogP contribution in [0, 0.1) is 0 Å². The number of nitrogens with one attached hydrogen (secondary N) is 2. The van der Waals surface area contributed by atoms with E-state index in [1.54, 1.807) is 38.1 Å². The van der Waals surface area contributed by atoms with Crippen molar-refractivity contribution in [1.82, 2.24) is 5.32 Å². The van der Waals surface area contributed by atoms with Gasteiger partial charge in [-0.1, -0.05) is 0 Å². The van der Waals surface area contributed by atoms with Crippen LogP contribution in [-0.2, 0) is 9.53 Å². The van der Waals surface area contributed by atoms with Gasteiger partial charge in [-0.15, -0.1) is 0 Å². The number of carbonyl (C=O) groups is 2. The largest absolute Gasteiger partial charge is 0.464 e. The van der Waals surface area contributed by atoms with Gasteiger partial charge in [-0.05, 0) is 38.1 Å². The van der Waals surface area contributed by atoms with E-state index >= 15 is 0 Å². The molecule has 4 N–H and O–H groups in total. The van der Waals surface area contributed by atoms with Crippen LogP contribution in [0.3, 0.4) is 0 Å². The lowest BCUT2D eigenvalue weighted by Crippen LogP contribution is -2.41. The molecule has 1 unspecified atom stereocenters. The molecule has 2 amide bonds. The highest BCUT2D eigenvalue weighted by atomic mass is 16.5. The third-order valence-electron chi connectivity index (χ3n) is 2.16. The Hall–Kier alpha value is -2.24. The molecule has 1 aromatic rings. The van der Waals surface area contributed by atoms with Crippen LogP contribution in [0.25, 0.3) is 0 Å². The molecule has 0 fully saturated rings. The smallest absolute Gasteiger partial charge is 0.328 e. The van der Waals surface area contributed by atoms with E-state index in [4.69, 9.17) is 10.5 Å². The summed E-state index contributed by atoms with van der Waals surface area (Å²) in [5, 5.41) is 5.06. The molecule has 1 atom stereocenters. The van der Waals surface area contributed by atoms with E-state index < -0.39 is 18.0 Å². The maximum Gasteiger partial charge on any atom is 0.328 e. The van der Waals surface area contributed by atoms with Crippen molar-refractivity contribution in [2.24, 2.45) is 0 Å². The molecule has 0 heterocycles. The standard InChI is InChI=1S/C12H17N3O3/c1-3-18-11(16)8(2)14-12(17)15-10-6-4-9(13)5-7-10/h4-8H,3,13H2,1-2H3,(H2,14,15,17). The first-order valence-electron chi connectivity index (χ1n) is 5.62. The number of hydrogen-bond donors (Lipinski definition) is 3. The second kappa shape index (κ2) is 6.48. The van der Waals surface area contributed by atoms with Crippen LogP contribution in [0.1, 0.15) is 13.8 Å². The quantitative estimate of drug-likeness (QED) is 0.556. The fourth-order valence-corrected chi connectivity index (χ4v) is 1.26. The number of amides is 2. The second-order valence-electron chi connectivity index (χ2n) is 3.69. The van der Waals surface area contributed by atoms with Gasteiger partial charge in [-0.2, -0.15) is 0 Å². The number of nitrogen functional groups attached to an aromatic ring is 1. The van der Waals surface area contributed by atoms with Crippen LogP contribution < -0.4 is 16.4 Å². The fourth-order valence-electron chi connectivity index (χ4n) is 1.26. The van der Waals surface area contributed by atoms with Gasteiger partial charge in [0.15, 0.2) is 0 Å². The van der Waals surface area contributed by atoms with Crippen molar-refractivity contribution < 1.29 is 14.3 Å². The Bertz CT molecular complexity index is 417. The highest BCUT2D eigenvalue weighted by molar-refractivity contribution is 5.92. The Labute approximate surface area is 105 Å². The number of hydrogen-bond acceptors (Lipinski definition) is 4. The molecule has 0 aliphatic rings. The number of esters is 1. The third-order valence-corrected chi connectivity index (χ3v) is 2.16. The van der Waals surface area contributed by atoms with Crippen LogP contribution in [0.4, 0.5) is 16.2 Å². The molecule has 0 aliphatic carbocycles. The normalized spacial score (nSPS) is 11.4. The first-order chi connectivity index (χ1) is 8.52. The van der Waals surface area contributed by atoms with Crippen LogP contribution in [0.15, 0.2) is 24.3 Å². The summed E-state index contributed by atoms with van der Waals surface area (Å²) in [6.07, 6.45) is 0. The van der Waals surface area contributed by atoms with Crippen molar-refractivity contribution in [3.05, 3.63) is 24.3 Å². The van der Waals surface area contributed by atoms with Gasteiger partial charge in [0.1, 0.15) is 6.04 Å². The Morgan fingerprint density at radius 1 is 1.33 bits per heavy atom. The molecule has 0 bridgehead atoms. The van der Waals surface area contributed by atoms with Crippen molar-refractivity contribution >= 4 is 23.4 Å². The van der Waals surface area contributed by atoms with E-state index in [0.29, 0.717) is 11.4 Å². The van der Waals surface area contributed by atoms with E-state index in [2.05, 4.69) is 10.6 Å². The Kier molecular flexibility index (Phi) is 4.98. The summed E-state index contributed by atoms with van der Waals surface area (Å²) in [5.41, 5.74) is 6.73. The lowest BCUT2D eigenvalue weighted by Gasteiger charge is -2.13. The molecular formula is C12H17N3O3. The van der Waals surface area contributed by atoms with E-state index in [1.807, 2.05) is 0 Å². The Morgan fingerprint density at radius 3 is 2.50 bits per heavy atom. The summed E-state index contributed by atoms with van der Waals surface area (Å²) in [7, 11) is 0. The van der Waals surface area contributed by atoms with Gasteiger partial charge < -0.3 is 21.1 Å². The summed E-state index contributed by atoms with van der Waals surface area (Å²) < 4.78 is 4.77. The number of anilines is 2. The zero-order valence-corrected chi connectivity index (χ0v) is 10.4. The van der Waals surface area contributed by atoms with Crippen LogP contribution in [0.2, 0.25) is 0 Å². The van der Waals surface area contributed by atoms with E-state index in [9.17, 15) is 9.59 Å². The predicted octanol–water partition coefficient (Wildman–Crippen LogP) is 1.34. The highest BCUT2D eigenvalue weighted by Gasteiger charge is 2.16. The van der Waals surface area contributed by atoms with Gasteiger partial charge in [0.25, 0.3) is 0 Å². The number of rotatable bonds is 4. The molecule has 0 spiro atoms. The summed E-state index contributed by atoms with van der Waals surface area (Å²) in [4.78, 5) is 22.8. The number of carbonyl (C=O) groups excluding carboxylic acids is 2. The zero-order chi connectivity index (χ0) is 13.5. The number of benzene rings is 1. The number of ether oxygens (including phenoxy) is 1. The average Bonchev–Trinajstić information content (AvgIpc) is 2.32. The molecular weight excluding hydrogens is 234 g/mol. The molecule has 0 aliphatic heterocycles. The number of nitrogens with two attached hydrogens (primary N) is 1. The van der Waals surface area contributed by atoms with Crippen LogP contribution >= 0.6 is 0 Å². The topological polar surface area (TPSA) is 93.4 Å². The van der Waals surface area contributed by atoms with Gasteiger partial charge in [0.05, 0.1) is 6.61 Å². The van der Waals surface area contributed by atoms with Crippen LogP contribution in [0.5, 0.6) is 0 Å². The summed E-state index contributed by atoms with van der Waals surface area (Å²) in [6, 6.07) is 5.52. The van der Waals surface area contributed by atoms with Gasteiger partial charge in [0.2, 0.25) is 0 Å². The maximum absolute atomic E-state index is 11.6. The fraction of sp³-hybridized carbons (Fsp3) is 0.333. The summed E-state index contributed by atoms with van der Waals surface area (Å²) in [6.45, 7) is 3.55. The lowest BCUT2D eigenvalue weighted by molar-refractivity contribution is -0.144. The molecule has 6 nitrogen and oxygen atoms in total. The first-order valence-corrected chi connectivity index (χ1v) is 5.62. The molecule has 0 radical (unpaired) electrons. The zero-order valence-electron chi connectivity index (χ0n) is 10.4. The molecule has 0 saturated heterocycles. The van der Waals surface area contributed by atoms with E-state index in [1.165, 1.54) is 0 Å². The predicted molar refractivity (Wildman–Crippen MR) is 69.1 cm³/mol. The van der Waals surface area contributed by atoms with Crippen molar-refractivity contribution in [2.45, 2.75) is 19.9 Å². The minimum atomic E-state index is -0.696. The minimum Gasteiger partial charge on any atom is -0.464 e. The molecule has 98 valence electrons. The lowest BCUT2D eigenvalue weighted by atomic mass is 10.3. The Balaban J connectivity index is 2.46. The minimum absolute atomic E-state index is 0.282. The molecule has 0 saturated carbocycles. The van der Waals surface area contributed by atoms with Gasteiger partial charge >= 0.3 is 12.0 Å². The molecule has 18 heavy (non-hydrogen) atoms. The van der Waals surface area contributed by atoms with E-state index in [0.717, 1.165) is 0 Å². The van der Waals surface area contributed by atoms with Gasteiger partial charge in [-0.25, -0.2) is 9.59 Å². The molecule has 1 aromatic carbocycles. The number of urea groups is 1. The monoisotopic (exact) mass is 251 g/mol. The molecule has 1 rings (SSSR count). The van der Waals surface area contributed by atoms with Crippen molar-refractivity contribution in [1.29, 1.82) is 0 Å². The SMILES string of the molecule is CCOC(=O)C(C)NC(=O)Nc1ccc(N)cc1.